The summed E-state index contributed by atoms with van der Waals surface area (Å²) in [4.78, 5) is 43.2. The zero-order valence-corrected chi connectivity index (χ0v) is 18.6. The number of fused-ring (bicyclic) bond motifs is 1. The second-order valence-electron chi connectivity index (χ2n) is 6.84. The van der Waals surface area contributed by atoms with Crippen LogP contribution in [0.15, 0.2) is 41.3 Å². The topological polar surface area (TPSA) is 123 Å². The van der Waals surface area contributed by atoms with Crippen molar-refractivity contribution in [3.05, 3.63) is 62.2 Å². The molecular weight excluding hydrogens is 442 g/mol. The molecule has 0 spiro atoms. The molecule has 3 rings (SSSR count). The second-order valence-corrected chi connectivity index (χ2v) is 8.73. The van der Waals surface area contributed by atoms with Crippen molar-refractivity contribution >= 4 is 55.7 Å². The van der Waals surface area contributed by atoms with Crippen molar-refractivity contribution in [2.75, 3.05) is 38.3 Å². The molecule has 0 aliphatic rings. The highest BCUT2D eigenvalue weighted by atomic mass is 32.2. The first-order valence-electron chi connectivity index (χ1n) is 9.04. The maximum atomic E-state index is 13.3. The molecule has 0 bridgehead atoms. The van der Waals surface area contributed by atoms with E-state index in [0.29, 0.717) is 11.7 Å². The number of carbonyl (C=O) groups excluding carboxylic acids is 1. The maximum absolute atomic E-state index is 13.3. The third kappa shape index (κ3) is 5.16. The molecule has 0 unspecified atom stereocenters. The standard InChI is InChI=1S/C19H19N5O5S2/c1-21(2)6-7-22(19-20-16-5-4-15(30-3)11-17(16)31-19)18(25)12-8-13(23(26)27)10-14(9-12)24(28)29/h4-5,8-11H,6-7H2,1-3H3. The Balaban J connectivity index is 2.07. The van der Waals surface area contributed by atoms with Gasteiger partial charge in [0.1, 0.15) is 0 Å². The largest absolute Gasteiger partial charge is 0.308 e. The van der Waals surface area contributed by atoms with Crippen LogP contribution in [-0.4, -0.2) is 59.1 Å². The number of amides is 1. The van der Waals surface area contributed by atoms with Gasteiger partial charge in [-0.05, 0) is 38.6 Å². The number of nitro groups is 2. The molecule has 1 heterocycles. The summed E-state index contributed by atoms with van der Waals surface area (Å²) in [6.45, 7) is 0.770. The minimum atomic E-state index is -0.754. The van der Waals surface area contributed by atoms with Gasteiger partial charge in [0.05, 0.1) is 31.7 Å². The first-order valence-corrected chi connectivity index (χ1v) is 11.1. The molecule has 162 valence electrons. The van der Waals surface area contributed by atoms with Crippen LogP contribution in [0.2, 0.25) is 0 Å². The van der Waals surface area contributed by atoms with E-state index in [1.807, 2.05) is 43.5 Å². The van der Waals surface area contributed by atoms with E-state index in [2.05, 4.69) is 4.98 Å². The van der Waals surface area contributed by atoms with Crippen molar-refractivity contribution in [2.45, 2.75) is 4.90 Å². The summed E-state index contributed by atoms with van der Waals surface area (Å²) in [6, 6.07) is 8.73. The van der Waals surface area contributed by atoms with Gasteiger partial charge < -0.3 is 4.90 Å². The molecule has 0 aliphatic heterocycles. The predicted octanol–water partition coefficient (Wildman–Crippen LogP) is 4.04. The van der Waals surface area contributed by atoms with Crippen molar-refractivity contribution in [3.63, 3.8) is 0 Å². The Morgan fingerprint density at radius 2 is 1.71 bits per heavy atom. The van der Waals surface area contributed by atoms with Gasteiger partial charge in [0.15, 0.2) is 5.13 Å². The van der Waals surface area contributed by atoms with Gasteiger partial charge in [-0.25, -0.2) is 4.98 Å². The van der Waals surface area contributed by atoms with E-state index in [1.165, 1.54) is 16.2 Å². The summed E-state index contributed by atoms with van der Waals surface area (Å²) in [6.07, 6.45) is 1.96. The number of rotatable bonds is 8. The Labute approximate surface area is 185 Å². The summed E-state index contributed by atoms with van der Waals surface area (Å²) in [5.74, 6) is -0.585. The first-order chi connectivity index (χ1) is 14.7. The smallest absolute Gasteiger partial charge is 0.277 e. The lowest BCUT2D eigenvalue weighted by Gasteiger charge is -2.22. The normalized spacial score (nSPS) is 11.1. The number of hydrogen-bond donors (Lipinski definition) is 0. The number of benzene rings is 2. The maximum Gasteiger partial charge on any atom is 0.277 e. The predicted molar refractivity (Wildman–Crippen MR) is 121 cm³/mol. The second kappa shape index (κ2) is 9.37. The lowest BCUT2D eigenvalue weighted by atomic mass is 10.1. The molecule has 0 aliphatic carbocycles. The molecule has 0 saturated carbocycles. The quantitative estimate of drug-likeness (QED) is 0.280. The van der Waals surface area contributed by atoms with E-state index < -0.39 is 27.1 Å². The molecule has 1 aromatic heterocycles. The Morgan fingerprint density at radius 1 is 1.06 bits per heavy atom. The number of hydrogen-bond acceptors (Lipinski definition) is 9. The van der Waals surface area contributed by atoms with Crippen LogP contribution in [0.1, 0.15) is 10.4 Å². The van der Waals surface area contributed by atoms with Gasteiger partial charge in [-0.15, -0.1) is 11.8 Å². The monoisotopic (exact) mass is 461 g/mol. The number of carbonyl (C=O) groups is 1. The lowest BCUT2D eigenvalue weighted by Crippen LogP contribution is -2.36. The summed E-state index contributed by atoms with van der Waals surface area (Å²) in [5.41, 5.74) is -0.438. The number of nitrogens with zero attached hydrogens (tertiary/aromatic N) is 5. The Bertz CT molecular complexity index is 1130. The molecule has 0 N–H and O–H groups in total. The summed E-state index contributed by atoms with van der Waals surface area (Å²) in [5, 5.41) is 22.9. The van der Waals surface area contributed by atoms with Gasteiger partial charge in [-0.1, -0.05) is 11.3 Å². The summed E-state index contributed by atoms with van der Waals surface area (Å²) < 4.78 is 0.898. The molecule has 3 aromatic rings. The third-order valence-corrected chi connectivity index (χ3v) is 6.17. The average molecular weight is 462 g/mol. The molecule has 0 atom stereocenters. The van der Waals surface area contributed by atoms with Crippen molar-refractivity contribution in [3.8, 4) is 0 Å². The minimum Gasteiger partial charge on any atom is -0.308 e. The molecule has 12 heteroatoms. The average Bonchev–Trinajstić information content (AvgIpc) is 3.15. The summed E-state index contributed by atoms with van der Waals surface area (Å²) >= 11 is 2.92. The van der Waals surface area contributed by atoms with E-state index in [1.54, 1.807) is 11.8 Å². The Morgan fingerprint density at radius 3 is 2.26 bits per heavy atom. The van der Waals surface area contributed by atoms with Crippen LogP contribution in [0.3, 0.4) is 0 Å². The number of anilines is 1. The van der Waals surface area contributed by atoms with Gasteiger partial charge in [0.25, 0.3) is 17.3 Å². The van der Waals surface area contributed by atoms with E-state index in [-0.39, 0.29) is 12.1 Å². The highest BCUT2D eigenvalue weighted by Crippen LogP contribution is 2.33. The van der Waals surface area contributed by atoms with Crippen LogP contribution in [0, 0.1) is 20.2 Å². The van der Waals surface area contributed by atoms with Crippen molar-refractivity contribution in [2.24, 2.45) is 0 Å². The highest BCUT2D eigenvalue weighted by Gasteiger charge is 2.26. The lowest BCUT2D eigenvalue weighted by molar-refractivity contribution is -0.394. The van der Waals surface area contributed by atoms with Crippen LogP contribution >= 0.6 is 23.1 Å². The van der Waals surface area contributed by atoms with Crippen LogP contribution in [0.5, 0.6) is 0 Å². The SMILES string of the molecule is CSc1ccc2nc(N(CCN(C)C)C(=O)c3cc([N+](=O)[O-])cc([N+](=O)[O-])c3)sc2c1. The van der Waals surface area contributed by atoms with E-state index in [4.69, 9.17) is 0 Å². The number of non-ortho nitro benzene ring substituents is 2. The summed E-state index contributed by atoms with van der Waals surface area (Å²) in [7, 11) is 3.70. The highest BCUT2D eigenvalue weighted by molar-refractivity contribution is 7.98. The fourth-order valence-corrected chi connectivity index (χ4v) is 4.35. The van der Waals surface area contributed by atoms with Crippen LogP contribution in [0.25, 0.3) is 10.2 Å². The molecule has 0 saturated heterocycles. The van der Waals surface area contributed by atoms with Crippen molar-refractivity contribution in [1.29, 1.82) is 0 Å². The van der Waals surface area contributed by atoms with Gasteiger partial charge in [0, 0.05) is 30.1 Å². The Kier molecular flexibility index (Phi) is 6.83. The Hall–Kier alpha value is -3.09. The molecule has 10 nitrogen and oxygen atoms in total. The minimum absolute atomic E-state index is 0.135. The fourth-order valence-electron chi connectivity index (χ4n) is 2.80. The molecule has 0 fully saturated rings. The molecular formula is C19H19N5O5S2. The first kappa shape index (κ1) is 22.6. The van der Waals surface area contributed by atoms with Crippen LogP contribution in [0.4, 0.5) is 16.5 Å². The number of thiazole rings is 1. The van der Waals surface area contributed by atoms with Gasteiger partial charge in [-0.3, -0.25) is 29.9 Å². The number of thioether (sulfide) groups is 1. The third-order valence-electron chi connectivity index (χ3n) is 4.40. The van der Waals surface area contributed by atoms with Crippen molar-refractivity contribution in [1.82, 2.24) is 9.88 Å². The molecule has 2 aromatic carbocycles. The fraction of sp³-hybridized carbons (Fsp3) is 0.263. The zero-order valence-electron chi connectivity index (χ0n) is 17.0. The van der Waals surface area contributed by atoms with E-state index in [0.717, 1.165) is 33.3 Å². The molecule has 1 amide bonds. The molecule has 0 radical (unpaired) electrons. The van der Waals surface area contributed by atoms with Crippen molar-refractivity contribution < 1.29 is 14.6 Å². The number of likely N-dealkylation sites (N-methyl/N-ethyl adjacent to an activating group) is 1. The van der Waals surface area contributed by atoms with Gasteiger partial charge in [-0.2, -0.15) is 0 Å². The van der Waals surface area contributed by atoms with E-state index >= 15 is 0 Å². The van der Waals surface area contributed by atoms with Gasteiger partial charge >= 0.3 is 0 Å². The number of nitro benzene ring substituents is 2. The molecule has 31 heavy (non-hydrogen) atoms. The number of aromatic nitrogens is 1. The zero-order chi connectivity index (χ0) is 22.7. The van der Waals surface area contributed by atoms with E-state index in [9.17, 15) is 25.0 Å². The van der Waals surface area contributed by atoms with Crippen LogP contribution in [-0.2, 0) is 0 Å². The van der Waals surface area contributed by atoms with Crippen LogP contribution < -0.4 is 4.90 Å². The van der Waals surface area contributed by atoms with Gasteiger partial charge in [0.2, 0.25) is 0 Å².